The number of amides is 1. The Labute approximate surface area is 167 Å². The van der Waals surface area contributed by atoms with Crippen LogP contribution in [0.2, 0.25) is 0 Å². The molecule has 9 heteroatoms. The Balaban J connectivity index is 2.25. The molecule has 1 atom stereocenters. The number of carbonyl (C=O) groups is 3. The Kier molecular flexibility index (Phi) is 5.60. The lowest BCUT2D eigenvalue weighted by Gasteiger charge is -2.35. The maximum absolute atomic E-state index is 13.3. The van der Waals surface area contributed by atoms with Gasteiger partial charge in [-0.15, -0.1) is 0 Å². The molecule has 0 bridgehead atoms. The normalized spacial score (nSPS) is 20.3. The third kappa shape index (κ3) is 3.13. The van der Waals surface area contributed by atoms with Crippen molar-refractivity contribution in [3.8, 4) is 0 Å². The predicted octanol–water partition coefficient (Wildman–Crippen LogP) is 1.10. The standard InChI is InChI=1S/C20H22N2O7/c1-4-27-17(23)14-11(2)29-16(21)15(18(24)28-10-9-26-3)20(14)12-7-5-6-8-13(12)22-19(20)25/h5-8H,4,9-10,21H2,1-3H3,(H,22,25). The maximum atomic E-state index is 13.3. The molecule has 29 heavy (non-hydrogen) atoms. The summed E-state index contributed by atoms with van der Waals surface area (Å²) in [5.41, 5.74) is 4.64. The summed E-state index contributed by atoms with van der Waals surface area (Å²) in [6.07, 6.45) is 0. The van der Waals surface area contributed by atoms with Crippen LogP contribution in [0.4, 0.5) is 5.69 Å². The van der Waals surface area contributed by atoms with Crippen molar-refractivity contribution in [3.63, 3.8) is 0 Å². The number of benzene rings is 1. The molecule has 2 heterocycles. The summed E-state index contributed by atoms with van der Waals surface area (Å²) in [6, 6.07) is 6.72. The van der Waals surface area contributed by atoms with Crippen LogP contribution in [0.3, 0.4) is 0 Å². The Hall–Kier alpha value is -3.33. The molecule has 0 saturated carbocycles. The summed E-state index contributed by atoms with van der Waals surface area (Å²) in [7, 11) is 1.46. The van der Waals surface area contributed by atoms with Crippen LogP contribution in [0.5, 0.6) is 0 Å². The Morgan fingerprint density at radius 2 is 1.83 bits per heavy atom. The van der Waals surface area contributed by atoms with Crippen LogP contribution in [0.25, 0.3) is 0 Å². The zero-order valence-corrected chi connectivity index (χ0v) is 16.4. The number of fused-ring (bicyclic) bond motifs is 2. The van der Waals surface area contributed by atoms with E-state index in [1.54, 1.807) is 31.2 Å². The second kappa shape index (κ2) is 7.96. The number of esters is 2. The largest absolute Gasteiger partial charge is 0.462 e. The van der Waals surface area contributed by atoms with E-state index in [1.165, 1.54) is 14.0 Å². The van der Waals surface area contributed by atoms with Gasteiger partial charge in [-0.3, -0.25) is 4.79 Å². The molecule has 1 spiro atoms. The molecule has 1 aromatic rings. The molecule has 1 aromatic carbocycles. The molecule has 3 rings (SSSR count). The molecule has 9 nitrogen and oxygen atoms in total. The van der Waals surface area contributed by atoms with E-state index in [-0.39, 0.29) is 42.6 Å². The molecular weight excluding hydrogens is 380 g/mol. The van der Waals surface area contributed by atoms with E-state index in [2.05, 4.69) is 5.32 Å². The molecule has 1 unspecified atom stereocenters. The van der Waals surface area contributed by atoms with E-state index in [1.807, 2.05) is 0 Å². The number of anilines is 1. The van der Waals surface area contributed by atoms with Gasteiger partial charge in [0.15, 0.2) is 0 Å². The highest BCUT2D eigenvalue weighted by molar-refractivity contribution is 6.21. The Morgan fingerprint density at radius 1 is 1.14 bits per heavy atom. The van der Waals surface area contributed by atoms with Crippen LogP contribution in [-0.4, -0.2) is 44.8 Å². The van der Waals surface area contributed by atoms with Crippen molar-refractivity contribution in [1.82, 2.24) is 0 Å². The van der Waals surface area contributed by atoms with Crippen LogP contribution >= 0.6 is 0 Å². The molecule has 0 radical (unpaired) electrons. The van der Waals surface area contributed by atoms with Crippen LogP contribution in [-0.2, 0) is 38.7 Å². The molecular formula is C20H22N2O7. The highest BCUT2D eigenvalue weighted by Crippen LogP contribution is 2.52. The lowest BCUT2D eigenvalue weighted by Crippen LogP contribution is -2.48. The molecule has 0 saturated heterocycles. The topological polar surface area (TPSA) is 126 Å². The summed E-state index contributed by atoms with van der Waals surface area (Å²) in [4.78, 5) is 39.2. The number of allylic oxidation sites excluding steroid dienone is 1. The lowest BCUT2D eigenvalue weighted by atomic mass is 9.67. The second-order valence-electron chi connectivity index (χ2n) is 6.37. The summed E-state index contributed by atoms with van der Waals surface area (Å²) >= 11 is 0. The number of para-hydroxylation sites is 1. The molecule has 3 N–H and O–H groups in total. The maximum Gasteiger partial charge on any atom is 0.341 e. The quantitative estimate of drug-likeness (QED) is 0.535. The van der Waals surface area contributed by atoms with Crippen molar-refractivity contribution in [3.05, 3.63) is 52.6 Å². The van der Waals surface area contributed by atoms with E-state index in [0.717, 1.165) is 0 Å². The van der Waals surface area contributed by atoms with Gasteiger partial charge in [0, 0.05) is 18.4 Å². The molecule has 2 aliphatic rings. The van der Waals surface area contributed by atoms with Crippen LogP contribution in [0, 0.1) is 0 Å². The van der Waals surface area contributed by atoms with Gasteiger partial charge in [0.1, 0.15) is 28.9 Å². The van der Waals surface area contributed by atoms with Gasteiger partial charge >= 0.3 is 11.9 Å². The number of ether oxygens (including phenoxy) is 4. The fourth-order valence-electron chi connectivity index (χ4n) is 3.64. The van der Waals surface area contributed by atoms with Crippen molar-refractivity contribution in [1.29, 1.82) is 0 Å². The van der Waals surface area contributed by atoms with E-state index < -0.39 is 23.3 Å². The van der Waals surface area contributed by atoms with Crippen molar-refractivity contribution < 1.29 is 33.3 Å². The Morgan fingerprint density at radius 3 is 2.52 bits per heavy atom. The smallest absolute Gasteiger partial charge is 0.341 e. The number of methoxy groups -OCH3 is 1. The first-order chi connectivity index (χ1) is 13.9. The van der Waals surface area contributed by atoms with Crippen molar-refractivity contribution in [2.24, 2.45) is 5.73 Å². The third-order valence-corrected chi connectivity index (χ3v) is 4.74. The first-order valence-electron chi connectivity index (χ1n) is 9.03. The van der Waals surface area contributed by atoms with Crippen LogP contribution < -0.4 is 11.1 Å². The van der Waals surface area contributed by atoms with Gasteiger partial charge in [-0.2, -0.15) is 0 Å². The second-order valence-corrected chi connectivity index (χ2v) is 6.37. The average Bonchev–Trinajstić information content (AvgIpc) is 2.94. The molecule has 0 aromatic heterocycles. The lowest BCUT2D eigenvalue weighted by molar-refractivity contribution is -0.144. The van der Waals surface area contributed by atoms with Gasteiger partial charge in [0.2, 0.25) is 11.8 Å². The first kappa shape index (κ1) is 20.4. The van der Waals surface area contributed by atoms with Crippen molar-refractivity contribution in [2.45, 2.75) is 19.3 Å². The highest BCUT2D eigenvalue weighted by atomic mass is 16.6. The summed E-state index contributed by atoms with van der Waals surface area (Å²) < 4.78 is 20.8. The Bertz CT molecular complexity index is 935. The van der Waals surface area contributed by atoms with Crippen molar-refractivity contribution in [2.75, 3.05) is 32.2 Å². The first-order valence-corrected chi connectivity index (χ1v) is 9.03. The number of rotatable bonds is 6. The number of hydrogen-bond acceptors (Lipinski definition) is 8. The van der Waals surface area contributed by atoms with Gasteiger partial charge in [0.05, 0.1) is 13.2 Å². The molecule has 2 aliphatic heterocycles. The molecule has 0 fully saturated rings. The fraction of sp³-hybridized carbons (Fsp3) is 0.350. The van der Waals surface area contributed by atoms with Gasteiger partial charge in [-0.05, 0) is 19.9 Å². The van der Waals surface area contributed by atoms with Gasteiger partial charge in [0.25, 0.3) is 0 Å². The minimum Gasteiger partial charge on any atom is -0.462 e. The number of nitrogens with one attached hydrogen (secondary N) is 1. The predicted molar refractivity (Wildman–Crippen MR) is 101 cm³/mol. The summed E-state index contributed by atoms with van der Waals surface area (Å²) in [5, 5.41) is 2.72. The van der Waals surface area contributed by atoms with E-state index >= 15 is 0 Å². The summed E-state index contributed by atoms with van der Waals surface area (Å²) in [6.45, 7) is 3.28. The minimum atomic E-state index is -1.85. The van der Waals surface area contributed by atoms with Crippen molar-refractivity contribution >= 4 is 23.5 Å². The van der Waals surface area contributed by atoms with E-state index in [9.17, 15) is 14.4 Å². The van der Waals surface area contributed by atoms with Gasteiger partial charge < -0.3 is 30.0 Å². The minimum absolute atomic E-state index is 0.0666. The third-order valence-electron chi connectivity index (χ3n) is 4.74. The molecule has 0 aliphatic carbocycles. The SMILES string of the molecule is CCOC(=O)C1=C(C)OC(N)=C(C(=O)OCCOC)C12C(=O)Nc1ccccc12. The number of hydrogen-bond donors (Lipinski definition) is 2. The molecule has 154 valence electrons. The summed E-state index contributed by atoms with van der Waals surface area (Å²) in [5.74, 6) is -2.54. The van der Waals surface area contributed by atoms with E-state index in [4.69, 9.17) is 24.7 Å². The zero-order chi connectivity index (χ0) is 21.2. The molecule has 1 amide bonds. The van der Waals surface area contributed by atoms with Crippen LogP contribution in [0.1, 0.15) is 19.4 Å². The van der Waals surface area contributed by atoms with Gasteiger partial charge in [-0.25, -0.2) is 9.59 Å². The van der Waals surface area contributed by atoms with E-state index in [0.29, 0.717) is 11.3 Å². The zero-order valence-electron chi connectivity index (χ0n) is 16.4. The average molecular weight is 402 g/mol. The monoisotopic (exact) mass is 402 g/mol. The van der Waals surface area contributed by atoms with Crippen LogP contribution in [0.15, 0.2) is 47.1 Å². The number of nitrogens with two attached hydrogens (primary N) is 1. The number of carbonyl (C=O) groups excluding carboxylic acids is 3. The van der Waals surface area contributed by atoms with Gasteiger partial charge in [-0.1, -0.05) is 18.2 Å². The highest BCUT2D eigenvalue weighted by Gasteiger charge is 2.61. The fourth-order valence-corrected chi connectivity index (χ4v) is 3.64.